The number of carbonyl (C=O) groups is 1. The molecule has 5 heteroatoms. The zero-order chi connectivity index (χ0) is 17.5. The van der Waals surface area contributed by atoms with E-state index in [0.29, 0.717) is 6.04 Å². The van der Waals surface area contributed by atoms with Gasteiger partial charge in [0, 0.05) is 28.4 Å². The molecule has 0 saturated heterocycles. The molecule has 1 fully saturated rings. The van der Waals surface area contributed by atoms with Crippen LogP contribution in [0.3, 0.4) is 0 Å². The molecule has 132 valence electrons. The molecule has 4 nitrogen and oxygen atoms in total. The summed E-state index contributed by atoms with van der Waals surface area (Å²) in [7, 11) is 0. The average Bonchev–Trinajstić information content (AvgIpc) is 3.05. The summed E-state index contributed by atoms with van der Waals surface area (Å²) in [6.45, 7) is 0. The number of rotatable bonds is 4. The Bertz CT molecular complexity index is 963. The molecule has 0 radical (unpaired) electrons. The highest BCUT2D eigenvalue weighted by atomic mass is 32.2. The predicted octanol–water partition coefficient (Wildman–Crippen LogP) is 4.36. The second kappa shape index (κ2) is 6.47. The standard InChI is InChI=1S/C21H20N2O2S/c24-21(23-15-4-3-5-15)13-10-14-12-25-17-7-8-18(16(11-13)20(14)17)26-19-6-1-2-9-22-19/h1-2,6-9,12-13,15H,3-5,10-11H2,(H,23,24). The summed E-state index contributed by atoms with van der Waals surface area (Å²) in [5, 5.41) is 5.38. The minimum absolute atomic E-state index is 0.0191. The molecule has 5 rings (SSSR count). The molecule has 1 N–H and O–H groups in total. The summed E-state index contributed by atoms with van der Waals surface area (Å²) in [6.07, 6.45) is 8.62. The molecule has 1 unspecified atom stereocenters. The van der Waals surface area contributed by atoms with Crippen molar-refractivity contribution in [2.45, 2.75) is 48.1 Å². The monoisotopic (exact) mass is 364 g/mol. The van der Waals surface area contributed by atoms with Gasteiger partial charge in [-0.05, 0) is 67.5 Å². The van der Waals surface area contributed by atoms with E-state index in [1.54, 1.807) is 11.8 Å². The molecule has 2 heterocycles. The van der Waals surface area contributed by atoms with Gasteiger partial charge >= 0.3 is 0 Å². The van der Waals surface area contributed by atoms with Crippen molar-refractivity contribution in [3.05, 3.63) is 53.9 Å². The van der Waals surface area contributed by atoms with Gasteiger partial charge in [-0.1, -0.05) is 17.8 Å². The molecule has 1 saturated carbocycles. The topological polar surface area (TPSA) is 55.1 Å². The minimum atomic E-state index is -0.0191. The summed E-state index contributed by atoms with van der Waals surface area (Å²) >= 11 is 1.66. The quantitative estimate of drug-likeness (QED) is 0.747. The Kier molecular flexibility index (Phi) is 3.97. The van der Waals surface area contributed by atoms with Gasteiger partial charge in [-0.25, -0.2) is 4.98 Å². The molecule has 0 spiro atoms. The summed E-state index contributed by atoms with van der Waals surface area (Å²) in [5.74, 6) is 0.168. The largest absolute Gasteiger partial charge is 0.464 e. The summed E-state index contributed by atoms with van der Waals surface area (Å²) in [5.41, 5.74) is 3.29. The normalized spacial score (nSPS) is 19.3. The first-order valence-corrected chi connectivity index (χ1v) is 10.0. The van der Waals surface area contributed by atoms with Crippen LogP contribution < -0.4 is 5.32 Å². The molecular formula is C21H20N2O2S. The Morgan fingerprint density at radius 1 is 1.19 bits per heavy atom. The van der Waals surface area contributed by atoms with Gasteiger partial charge in [-0.2, -0.15) is 0 Å². The lowest BCUT2D eigenvalue weighted by atomic mass is 9.83. The third kappa shape index (κ3) is 2.80. The molecule has 2 aliphatic carbocycles. The second-order valence-electron chi connectivity index (χ2n) is 7.19. The van der Waals surface area contributed by atoms with Gasteiger partial charge in [-0.3, -0.25) is 4.79 Å². The van der Waals surface area contributed by atoms with E-state index in [0.717, 1.165) is 41.9 Å². The highest BCUT2D eigenvalue weighted by molar-refractivity contribution is 7.99. The summed E-state index contributed by atoms with van der Waals surface area (Å²) in [6, 6.07) is 10.4. The zero-order valence-electron chi connectivity index (χ0n) is 14.4. The van der Waals surface area contributed by atoms with Crippen LogP contribution in [-0.2, 0) is 17.6 Å². The number of hydrogen-bond acceptors (Lipinski definition) is 4. The number of pyridine rings is 1. The van der Waals surface area contributed by atoms with E-state index in [9.17, 15) is 4.79 Å². The maximum atomic E-state index is 12.8. The van der Waals surface area contributed by atoms with Crippen molar-refractivity contribution in [3.8, 4) is 0 Å². The third-order valence-corrected chi connectivity index (χ3v) is 6.53. The van der Waals surface area contributed by atoms with Gasteiger partial charge in [0.05, 0.1) is 6.26 Å². The lowest BCUT2D eigenvalue weighted by molar-refractivity contribution is -0.126. The van der Waals surface area contributed by atoms with Crippen molar-refractivity contribution in [1.82, 2.24) is 10.3 Å². The number of nitrogens with one attached hydrogen (secondary N) is 1. The fourth-order valence-corrected chi connectivity index (χ4v) is 4.79. The molecule has 0 bridgehead atoms. The van der Waals surface area contributed by atoms with E-state index in [4.69, 9.17) is 4.42 Å². The average molecular weight is 364 g/mol. The third-order valence-electron chi connectivity index (χ3n) is 5.47. The first kappa shape index (κ1) is 15.9. The lowest BCUT2D eigenvalue weighted by Crippen LogP contribution is -2.44. The van der Waals surface area contributed by atoms with Crippen LogP contribution in [0, 0.1) is 5.92 Å². The van der Waals surface area contributed by atoms with Crippen LogP contribution in [0.15, 0.2) is 57.1 Å². The van der Waals surface area contributed by atoms with Gasteiger partial charge in [-0.15, -0.1) is 0 Å². The molecule has 1 aromatic carbocycles. The molecular weight excluding hydrogens is 344 g/mol. The molecule has 0 aliphatic heterocycles. The van der Waals surface area contributed by atoms with Crippen molar-refractivity contribution < 1.29 is 9.21 Å². The predicted molar refractivity (Wildman–Crippen MR) is 101 cm³/mol. The van der Waals surface area contributed by atoms with E-state index >= 15 is 0 Å². The number of carbonyl (C=O) groups excluding carboxylic acids is 1. The molecule has 1 atom stereocenters. The molecule has 2 aromatic heterocycles. The van der Waals surface area contributed by atoms with Crippen LogP contribution >= 0.6 is 11.8 Å². The maximum absolute atomic E-state index is 12.8. The number of amides is 1. The van der Waals surface area contributed by atoms with Crippen LogP contribution in [0.4, 0.5) is 0 Å². The number of furan rings is 1. The Morgan fingerprint density at radius 2 is 2.12 bits per heavy atom. The van der Waals surface area contributed by atoms with Crippen molar-refractivity contribution in [3.63, 3.8) is 0 Å². The fourth-order valence-electron chi connectivity index (χ4n) is 3.86. The SMILES string of the molecule is O=C(NC1CCC1)C1Cc2coc3ccc(Sc4ccccn4)c(c23)C1. The van der Waals surface area contributed by atoms with Gasteiger partial charge in [0.1, 0.15) is 10.6 Å². The highest BCUT2D eigenvalue weighted by Crippen LogP contribution is 2.41. The Labute approximate surface area is 156 Å². The number of hydrogen-bond donors (Lipinski definition) is 1. The lowest BCUT2D eigenvalue weighted by Gasteiger charge is -2.30. The molecule has 2 aliphatic rings. The molecule has 1 amide bonds. The first-order chi connectivity index (χ1) is 12.8. The number of aromatic nitrogens is 1. The summed E-state index contributed by atoms with van der Waals surface area (Å²) < 4.78 is 5.75. The van der Waals surface area contributed by atoms with Crippen LogP contribution in [0.2, 0.25) is 0 Å². The minimum Gasteiger partial charge on any atom is -0.464 e. The second-order valence-corrected chi connectivity index (χ2v) is 8.25. The van der Waals surface area contributed by atoms with Crippen molar-refractivity contribution in [2.75, 3.05) is 0 Å². The summed E-state index contributed by atoms with van der Waals surface area (Å²) in [4.78, 5) is 18.4. The van der Waals surface area contributed by atoms with Crippen LogP contribution in [0.1, 0.15) is 30.4 Å². The molecule has 3 aromatic rings. The molecule has 26 heavy (non-hydrogen) atoms. The van der Waals surface area contributed by atoms with E-state index < -0.39 is 0 Å². The Hall–Kier alpha value is -2.27. The Morgan fingerprint density at radius 3 is 2.88 bits per heavy atom. The van der Waals surface area contributed by atoms with E-state index in [1.165, 1.54) is 22.3 Å². The maximum Gasteiger partial charge on any atom is 0.223 e. The van der Waals surface area contributed by atoms with Gasteiger partial charge in [0.25, 0.3) is 0 Å². The van der Waals surface area contributed by atoms with Crippen molar-refractivity contribution in [2.24, 2.45) is 5.92 Å². The van der Waals surface area contributed by atoms with E-state index in [-0.39, 0.29) is 11.8 Å². The Balaban J connectivity index is 1.48. The van der Waals surface area contributed by atoms with Gasteiger partial charge in [0.15, 0.2) is 0 Å². The van der Waals surface area contributed by atoms with Crippen LogP contribution in [0.25, 0.3) is 11.0 Å². The zero-order valence-corrected chi connectivity index (χ0v) is 15.2. The van der Waals surface area contributed by atoms with E-state index in [2.05, 4.69) is 16.4 Å². The van der Waals surface area contributed by atoms with Crippen LogP contribution in [-0.4, -0.2) is 16.9 Å². The highest BCUT2D eigenvalue weighted by Gasteiger charge is 2.31. The first-order valence-electron chi connectivity index (χ1n) is 9.19. The van der Waals surface area contributed by atoms with Crippen molar-refractivity contribution in [1.29, 1.82) is 0 Å². The van der Waals surface area contributed by atoms with Gasteiger partial charge in [0.2, 0.25) is 5.91 Å². The van der Waals surface area contributed by atoms with Crippen molar-refractivity contribution >= 4 is 28.6 Å². The van der Waals surface area contributed by atoms with Gasteiger partial charge < -0.3 is 9.73 Å². The fraction of sp³-hybridized carbons (Fsp3) is 0.333. The number of benzene rings is 1. The smallest absolute Gasteiger partial charge is 0.223 e. The van der Waals surface area contributed by atoms with Crippen LogP contribution in [0.5, 0.6) is 0 Å². The number of nitrogens with zero attached hydrogens (tertiary/aromatic N) is 1. The van der Waals surface area contributed by atoms with E-state index in [1.807, 2.05) is 36.7 Å².